The second-order valence-corrected chi connectivity index (χ2v) is 6.13. The van der Waals surface area contributed by atoms with Crippen molar-refractivity contribution in [1.29, 1.82) is 0 Å². The average molecular weight is 391 g/mol. The average Bonchev–Trinajstić information content (AvgIpc) is 2.55. The van der Waals surface area contributed by atoms with Crippen LogP contribution < -0.4 is 9.47 Å². The van der Waals surface area contributed by atoms with E-state index in [2.05, 4.69) is 0 Å². The van der Waals surface area contributed by atoms with Gasteiger partial charge in [-0.05, 0) is 69.0 Å². The zero-order valence-corrected chi connectivity index (χ0v) is 16.4. The van der Waals surface area contributed by atoms with Gasteiger partial charge in [-0.1, -0.05) is 27.0 Å². The van der Waals surface area contributed by atoms with Gasteiger partial charge in [0.1, 0.15) is 11.5 Å². The molecule has 0 saturated heterocycles. The fraction of sp³-hybridized carbons (Fsp3) is 0.391. The molecule has 0 aliphatic heterocycles. The number of carboxylic acids is 1. The lowest BCUT2D eigenvalue weighted by molar-refractivity contribution is 0.0695. The van der Waals surface area contributed by atoms with Crippen LogP contribution >= 0.6 is 0 Å². The third kappa shape index (κ3) is 6.72. The Morgan fingerprint density at radius 3 is 1.39 bits per heavy atom. The van der Waals surface area contributed by atoms with Crippen molar-refractivity contribution in [2.24, 2.45) is 0 Å². The van der Waals surface area contributed by atoms with Gasteiger partial charge in [0.2, 0.25) is 0 Å². The maximum atomic E-state index is 11.2. The molecular formula is C23H34O5. The van der Waals surface area contributed by atoms with Crippen LogP contribution in [0.5, 0.6) is 11.5 Å². The Morgan fingerprint density at radius 1 is 0.714 bits per heavy atom. The molecule has 0 atom stereocenters. The fourth-order valence-corrected chi connectivity index (χ4v) is 2.71. The molecule has 2 aromatic carbocycles. The van der Waals surface area contributed by atoms with E-state index < -0.39 is 5.97 Å². The number of aryl methyl sites for hydroxylation is 4. The second-order valence-electron chi connectivity index (χ2n) is 6.13. The molecule has 156 valence electrons. The van der Waals surface area contributed by atoms with Crippen molar-refractivity contribution in [2.45, 2.75) is 49.5 Å². The SMILES string of the molecule is C.C.COc1cc(C(=O)O)c(C)cc1C.COc1cc(C(C)=O)c(C)cc1C. The first-order valence-corrected chi connectivity index (χ1v) is 8.17. The number of carbonyl (C=O) groups excluding carboxylic acids is 1. The smallest absolute Gasteiger partial charge is 0.336 e. The van der Waals surface area contributed by atoms with Gasteiger partial charge in [0, 0.05) is 5.56 Å². The molecule has 0 spiro atoms. The summed E-state index contributed by atoms with van der Waals surface area (Å²) in [6.07, 6.45) is 0. The molecule has 2 aromatic rings. The minimum Gasteiger partial charge on any atom is -0.496 e. The lowest BCUT2D eigenvalue weighted by Crippen LogP contribution is -2.01. The number of ketones is 1. The summed E-state index contributed by atoms with van der Waals surface area (Å²) in [5, 5.41) is 8.82. The zero-order valence-electron chi connectivity index (χ0n) is 16.4. The minimum absolute atomic E-state index is 0. The van der Waals surface area contributed by atoms with E-state index in [9.17, 15) is 9.59 Å². The summed E-state index contributed by atoms with van der Waals surface area (Å²) in [5.74, 6) is 0.547. The highest BCUT2D eigenvalue weighted by atomic mass is 16.5. The number of ether oxygens (including phenoxy) is 2. The third-order valence-corrected chi connectivity index (χ3v) is 4.09. The van der Waals surface area contributed by atoms with Crippen molar-refractivity contribution in [1.82, 2.24) is 0 Å². The molecule has 0 fully saturated rings. The predicted molar refractivity (Wildman–Crippen MR) is 115 cm³/mol. The van der Waals surface area contributed by atoms with Crippen LogP contribution in [0.4, 0.5) is 0 Å². The number of methoxy groups -OCH3 is 2. The van der Waals surface area contributed by atoms with Gasteiger partial charge in [0.05, 0.1) is 19.8 Å². The van der Waals surface area contributed by atoms with Gasteiger partial charge >= 0.3 is 5.97 Å². The van der Waals surface area contributed by atoms with Crippen molar-refractivity contribution in [3.8, 4) is 11.5 Å². The molecule has 0 saturated carbocycles. The summed E-state index contributed by atoms with van der Waals surface area (Å²) < 4.78 is 10.2. The Balaban J connectivity index is 0. The largest absolute Gasteiger partial charge is 0.496 e. The van der Waals surface area contributed by atoms with Gasteiger partial charge in [-0.25, -0.2) is 4.79 Å². The van der Waals surface area contributed by atoms with Crippen LogP contribution in [-0.2, 0) is 0 Å². The number of rotatable bonds is 4. The maximum Gasteiger partial charge on any atom is 0.336 e. The van der Waals surface area contributed by atoms with Crippen LogP contribution in [0, 0.1) is 27.7 Å². The summed E-state index contributed by atoms with van der Waals surface area (Å²) in [6, 6.07) is 7.12. The van der Waals surface area contributed by atoms with Gasteiger partial charge in [-0.15, -0.1) is 0 Å². The van der Waals surface area contributed by atoms with E-state index in [1.165, 1.54) is 7.11 Å². The number of hydrogen-bond donors (Lipinski definition) is 1. The summed E-state index contributed by atoms with van der Waals surface area (Å²) in [7, 11) is 3.14. The van der Waals surface area contributed by atoms with Crippen LogP contribution in [0.25, 0.3) is 0 Å². The molecule has 28 heavy (non-hydrogen) atoms. The Bertz CT molecular complexity index is 753. The van der Waals surface area contributed by atoms with Gasteiger partial charge in [-0.3, -0.25) is 4.79 Å². The molecule has 0 aromatic heterocycles. The molecule has 0 aliphatic rings. The number of carbonyl (C=O) groups is 2. The second kappa shape index (κ2) is 11.8. The molecule has 5 heteroatoms. The molecule has 0 unspecified atom stereocenters. The van der Waals surface area contributed by atoms with Gasteiger partial charge in [-0.2, -0.15) is 0 Å². The monoisotopic (exact) mass is 390 g/mol. The molecule has 0 aliphatic carbocycles. The number of carboxylic acid groups (broad SMARTS) is 1. The molecule has 0 bridgehead atoms. The summed E-state index contributed by atoms with van der Waals surface area (Å²) >= 11 is 0. The molecule has 0 radical (unpaired) electrons. The van der Waals surface area contributed by atoms with Crippen LogP contribution in [-0.4, -0.2) is 31.1 Å². The van der Waals surface area contributed by atoms with E-state index in [4.69, 9.17) is 14.6 Å². The molecule has 0 heterocycles. The van der Waals surface area contributed by atoms with Gasteiger partial charge in [0.25, 0.3) is 0 Å². The molecule has 1 N–H and O–H groups in total. The highest BCUT2D eigenvalue weighted by Crippen LogP contribution is 2.23. The molecule has 2 rings (SSSR count). The maximum absolute atomic E-state index is 11.2. The zero-order chi connectivity index (χ0) is 20.0. The summed E-state index contributed by atoms with van der Waals surface area (Å²) in [4.78, 5) is 21.9. The predicted octanol–water partition coefficient (Wildman–Crippen LogP) is 5.80. The van der Waals surface area contributed by atoms with Crippen molar-refractivity contribution >= 4 is 11.8 Å². The first-order valence-electron chi connectivity index (χ1n) is 8.17. The highest BCUT2D eigenvalue weighted by molar-refractivity contribution is 5.96. The van der Waals surface area contributed by atoms with E-state index in [0.717, 1.165) is 33.6 Å². The van der Waals surface area contributed by atoms with Crippen molar-refractivity contribution in [3.05, 3.63) is 57.6 Å². The van der Waals surface area contributed by atoms with E-state index in [0.29, 0.717) is 11.3 Å². The topological polar surface area (TPSA) is 72.8 Å². The first-order chi connectivity index (χ1) is 12.1. The molecule has 0 amide bonds. The van der Waals surface area contributed by atoms with Gasteiger partial charge < -0.3 is 14.6 Å². The quantitative estimate of drug-likeness (QED) is 0.668. The number of benzene rings is 2. The lowest BCUT2D eigenvalue weighted by Gasteiger charge is -2.08. The number of hydrogen-bond acceptors (Lipinski definition) is 4. The van der Waals surface area contributed by atoms with E-state index in [1.807, 2.05) is 32.9 Å². The fourth-order valence-electron chi connectivity index (χ4n) is 2.71. The highest BCUT2D eigenvalue weighted by Gasteiger charge is 2.10. The Labute approximate surface area is 169 Å². The van der Waals surface area contributed by atoms with Crippen molar-refractivity contribution in [2.75, 3.05) is 14.2 Å². The van der Waals surface area contributed by atoms with E-state index >= 15 is 0 Å². The summed E-state index contributed by atoms with van der Waals surface area (Å²) in [6.45, 7) is 9.13. The van der Waals surface area contributed by atoms with Crippen LogP contribution in [0.3, 0.4) is 0 Å². The minimum atomic E-state index is -0.921. The number of Topliss-reactive ketones (excluding diaryl/α,β-unsaturated/α-hetero) is 1. The van der Waals surface area contributed by atoms with Crippen LogP contribution in [0.15, 0.2) is 24.3 Å². The number of aromatic carboxylic acids is 1. The standard InChI is InChI=1S/C11H14O2.C10H12O3.2CH4/c1-7-5-8(2)11(13-4)6-10(7)9(3)12;1-6-4-7(2)9(13-3)5-8(6)10(11)12;;/h5-6H,1-4H3;4-5H,1-3H3,(H,11,12);2*1H4. The van der Waals surface area contributed by atoms with Crippen molar-refractivity contribution < 1.29 is 24.2 Å². The van der Waals surface area contributed by atoms with Crippen LogP contribution in [0.1, 0.15) is 64.7 Å². The van der Waals surface area contributed by atoms with E-state index in [-0.39, 0.29) is 20.6 Å². The molecule has 5 nitrogen and oxygen atoms in total. The van der Waals surface area contributed by atoms with Crippen molar-refractivity contribution in [3.63, 3.8) is 0 Å². The lowest BCUT2D eigenvalue weighted by atomic mass is 10.0. The Kier molecular flexibility index (Phi) is 11.5. The normalized spacial score (nSPS) is 9.11. The summed E-state index contributed by atoms with van der Waals surface area (Å²) in [5.41, 5.74) is 4.80. The Morgan fingerprint density at radius 2 is 1.07 bits per heavy atom. The first kappa shape index (κ1) is 27.4. The molecular weight excluding hydrogens is 356 g/mol. The van der Waals surface area contributed by atoms with Gasteiger partial charge in [0.15, 0.2) is 5.78 Å². The van der Waals surface area contributed by atoms with E-state index in [1.54, 1.807) is 33.1 Å². The Hall–Kier alpha value is -2.82. The van der Waals surface area contributed by atoms with Crippen LogP contribution in [0.2, 0.25) is 0 Å². The third-order valence-electron chi connectivity index (χ3n) is 4.09.